The third-order valence-electron chi connectivity index (χ3n) is 3.57. The zero-order valence-electron chi connectivity index (χ0n) is 11.0. The Hall–Kier alpha value is -2.42. The average Bonchev–Trinajstić information content (AvgIpc) is 2.82. The molecular weight excluding hydrogens is 264 g/mol. The van der Waals surface area contributed by atoms with E-state index in [0.717, 1.165) is 0 Å². The Kier molecular flexibility index (Phi) is 3.45. The molecule has 1 aromatic heterocycles. The Bertz CT molecular complexity index is 563. The fourth-order valence-electron chi connectivity index (χ4n) is 2.24. The van der Waals surface area contributed by atoms with E-state index in [2.05, 4.69) is 10.4 Å². The van der Waals surface area contributed by atoms with Crippen molar-refractivity contribution in [1.82, 2.24) is 4.98 Å². The third-order valence-corrected chi connectivity index (χ3v) is 3.57. The number of hydrogen-bond acceptors (Lipinski definition) is 7. The lowest BCUT2D eigenvalue weighted by molar-refractivity contribution is -0.384. The maximum absolute atomic E-state index is 11.5. The molecule has 1 aromatic rings. The molecule has 1 fully saturated rings. The minimum absolute atomic E-state index is 0.127. The molecule has 2 rings (SSSR count). The summed E-state index contributed by atoms with van der Waals surface area (Å²) in [7, 11) is 0. The van der Waals surface area contributed by atoms with Crippen LogP contribution in [0.1, 0.15) is 13.3 Å². The van der Waals surface area contributed by atoms with Gasteiger partial charge in [0.1, 0.15) is 5.82 Å². The molecule has 0 aliphatic carbocycles. The van der Waals surface area contributed by atoms with E-state index in [0.29, 0.717) is 25.3 Å². The van der Waals surface area contributed by atoms with E-state index in [9.17, 15) is 14.9 Å². The SMILES string of the molecule is CC1(C(N)=O)CCN(c2nc(NN)ccc2[N+](=O)[O-])C1. The Morgan fingerprint density at radius 3 is 2.80 bits per heavy atom. The predicted molar refractivity (Wildman–Crippen MR) is 72.8 cm³/mol. The van der Waals surface area contributed by atoms with Crippen LogP contribution >= 0.6 is 0 Å². The molecule has 1 atom stereocenters. The number of primary amides is 1. The van der Waals surface area contributed by atoms with Crippen LogP contribution in [0, 0.1) is 15.5 Å². The van der Waals surface area contributed by atoms with Crippen LogP contribution in [0.3, 0.4) is 0 Å². The topological polar surface area (TPSA) is 140 Å². The second-order valence-corrected chi connectivity index (χ2v) is 5.04. The average molecular weight is 280 g/mol. The number of nitro groups is 1. The van der Waals surface area contributed by atoms with Crippen LogP contribution in [0.4, 0.5) is 17.3 Å². The summed E-state index contributed by atoms with van der Waals surface area (Å²) in [6.07, 6.45) is 0.529. The van der Waals surface area contributed by atoms with Crippen molar-refractivity contribution in [2.24, 2.45) is 17.0 Å². The highest BCUT2D eigenvalue weighted by Gasteiger charge is 2.41. The van der Waals surface area contributed by atoms with Gasteiger partial charge in [-0.2, -0.15) is 0 Å². The molecule has 0 spiro atoms. The van der Waals surface area contributed by atoms with Gasteiger partial charge in [-0.3, -0.25) is 14.9 Å². The number of carbonyl (C=O) groups excluding carboxylic acids is 1. The number of aromatic nitrogens is 1. The number of nitrogens with zero attached hydrogens (tertiary/aromatic N) is 3. The summed E-state index contributed by atoms with van der Waals surface area (Å²) in [6.45, 7) is 2.51. The predicted octanol–water partition coefficient (Wildman–Crippen LogP) is -0.0229. The molecule has 1 aliphatic rings. The molecule has 0 aromatic carbocycles. The van der Waals surface area contributed by atoms with Crippen molar-refractivity contribution >= 4 is 23.2 Å². The van der Waals surface area contributed by atoms with Gasteiger partial charge in [-0.25, -0.2) is 10.8 Å². The van der Waals surface area contributed by atoms with Crippen LogP contribution in [0.25, 0.3) is 0 Å². The van der Waals surface area contributed by atoms with Crippen LogP contribution in [-0.2, 0) is 4.79 Å². The Morgan fingerprint density at radius 1 is 1.60 bits per heavy atom. The van der Waals surface area contributed by atoms with Gasteiger partial charge in [-0.15, -0.1) is 0 Å². The van der Waals surface area contributed by atoms with Crippen molar-refractivity contribution in [3.05, 3.63) is 22.2 Å². The number of amides is 1. The molecule has 0 saturated carbocycles. The summed E-state index contributed by atoms with van der Waals surface area (Å²) in [5.74, 6) is 5.36. The van der Waals surface area contributed by atoms with E-state index in [1.54, 1.807) is 11.8 Å². The first-order chi connectivity index (χ1) is 9.37. The Morgan fingerprint density at radius 2 is 2.30 bits per heavy atom. The standard InChI is InChI=1S/C11H16N6O3/c1-11(10(12)18)4-5-16(6-11)9-7(17(19)20)2-3-8(14-9)15-13/h2-3H,4-6,13H2,1H3,(H2,12,18)(H,14,15). The minimum Gasteiger partial charge on any atom is -0.369 e. The Balaban J connectivity index is 2.37. The lowest BCUT2D eigenvalue weighted by atomic mass is 9.89. The lowest BCUT2D eigenvalue weighted by Gasteiger charge is -2.21. The van der Waals surface area contributed by atoms with E-state index in [-0.39, 0.29) is 11.5 Å². The molecule has 1 saturated heterocycles. The molecule has 5 N–H and O–H groups in total. The van der Waals surface area contributed by atoms with Gasteiger partial charge >= 0.3 is 5.69 Å². The van der Waals surface area contributed by atoms with E-state index < -0.39 is 16.2 Å². The first-order valence-electron chi connectivity index (χ1n) is 6.04. The molecule has 1 aliphatic heterocycles. The van der Waals surface area contributed by atoms with Gasteiger partial charge in [0, 0.05) is 19.2 Å². The molecule has 0 radical (unpaired) electrons. The Labute approximate surface area is 115 Å². The molecule has 2 heterocycles. The van der Waals surface area contributed by atoms with Crippen LogP contribution in [-0.4, -0.2) is 28.9 Å². The normalized spacial score (nSPS) is 21.8. The smallest absolute Gasteiger partial charge is 0.311 e. The summed E-state index contributed by atoms with van der Waals surface area (Å²) in [5, 5.41) is 11.1. The van der Waals surface area contributed by atoms with Gasteiger partial charge in [0.05, 0.1) is 10.3 Å². The zero-order chi connectivity index (χ0) is 14.9. The second kappa shape index (κ2) is 4.93. The molecule has 1 amide bonds. The molecule has 0 bridgehead atoms. The molecule has 108 valence electrons. The zero-order valence-corrected chi connectivity index (χ0v) is 11.0. The first kappa shape index (κ1) is 14.0. The molecular formula is C11H16N6O3. The third kappa shape index (κ3) is 2.35. The quantitative estimate of drug-likeness (QED) is 0.399. The summed E-state index contributed by atoms with van der Waals surface area (Å²) >= 11 is 0. The van der Waals surface area contributed by atoms with Gasteiger partial charge in [-0.05, 0) is 19.4 Å². The number of nitrogen functional groups attached to an aromatic ring is 1. The monoisotopic (exact) mass is 280 g/mol. The summed E-state index contributed by atoms with van der Waals surface area (Å²) in [5.41, 5.74) is 6.89. The fraction of sp³-hybridized carbons (Fsp3) is 0.455. The van der Waals surface area contributed by atoms with Crippen LogP contribution in [0.5, 0.6) is 0 Å². The van der Waals surface area contributed by atoms with Crippen LogP contribution in [0.2, 0.25) is 0 Å². The van der Waals surface area contributed by atoms with E-state index >= 15 is 0 Å². The number of hydrogen-bond donors (Lipinski definition) is 3. The summed E-state index contributed by atoms with van der Waals surface area (Å²) in [6, 6.07) is 2.75. The molecule has 9 heteroatoms. The van der Waals surface area contributed by atoms with E-state index in [4.69, 9.17) is 11.6 Å². The van der Waals surface area contributed by atoms with Crippen LogP contribution in [0.15, 0.2) is 12.1 Å². The highest BCUT2D eigenvalue weighted by Crippen LogP contribution is 2.36. The number of carbonyl (C=O) groups is 1. The minimum atomic E-state index is -0.707. The van der Waals surface area contributed by atoms with Gasteiger partial charge in [0.2, 0.25) is 11.7 Å². The van der Waals surface area contributed by atoms with Gasteiger partial charge in [0.15, 0.2) is 0 Å². The summed E-state index contributed by atoms with van der Waals surface area (Å²) in [4.78, 5) is 27.8. The number of nitrogens with one attached hydrogen (secondary N) is 1. The van der Waals surface area contributed by atoms with Gasteiger partial charge in [-0.1, -0.05) is 0 Å². The maximum atomic E-state index is 11.5. The number of nitrogens with two attached hydrogens (primary N) is 2. The number of pyridine rings is 1. The molecule has 9 nitrogen and oxygen atoms in total. The lowest BCUT2D eigenvalue weighted by Crippen LogP contribution is -2.37. The number of rotatable bonds is 4. The van der Waals surface area contributed by atoms with Crippen molar-refractivity contribution in [2.45, 2.75) is 13.3 Å². The first-order valence-corrected chi connectivity index (χ1v) is 6.04. The van der Waals surface area contributed by atoms with E-state index in [1.807, 2.05) is 0 Å². The van der Waals surface area contributed by atoms with E-state index in [1.165, 1.54) is 12.1 Å². The van der Waals surface area contributed by atoms with Crippen molar-refractivity contribution in [3.63, 3.8) is 0 Å². The number of anilines is 2. The second-order valence-electron chi connectivity index (χ2n) is 5.04. The molecule has 20 heavy (non-hydrogen) atoms. The van der Waals surface area contributed by atoms with Crippen molar-refractivity contribution in [1.29, 1.82) is 0 Å². The van der Waals surface area contributed by atoms with Crippen molar-refractivity contribution in [3.8, 4) is 0 Å². The summed E-state index contributed by atoms with van der Waals surface area (Å²) < 4.78 is 0. The highest BCUT2D eigenvalue weighted by molar-refractivity contribution is 5.82. The van der Waals surface area contributed by atoms with Gasteiger partial charge < -0.3 is 16.1 Å². The number of hydrazine groups is 1. The fourth-order valence-corrected chi connectivity index (χ4v) is 2.24. The highest BCUT2D eigenvalue weighted by atomic mass is 16.6. The largest absolute Gasteiger partial charge is 0.369 e. The van der Waals surface area contributed by atoms with Crippen molar-refractivity contribution < 1.29 is 9.72 Å². The van der Waals surface area contributed by atoms with Crippen LogP contribution < -0.4 is 21.9 Å². The maximum Gasteiger partial charge on any atom is 0.311 e. The molecule has 1 unspecified atom stereocenters. The van der Waals surface area contributed by atoms with Crippen molar-refractivity contribution in [2.75, 3.05) is 23.4 Å². The van der Waals surface area contributed by atoms with Gasteiger partial charge in [0.25, 0.3) is 0 Å².